The monoisotopic (exact) mass is 672 g/mol. The van der Waals surface area contributed by atoms with Crippen LogP contribution >= 0.6 is 0 Å². The van der Waals surface area contributed by atoms with Crippen LogP contribution in [0.2, 0.25) is 0 Å². The second-order valence-electron chi connectivity index (χ2n) is 10.3. The Balaban J connectivity index is 3.04. The number of hydrogen-bond acceptors (Lipinski definition) is 13. The first-order valence-corrected chi connectivity index (χ1v) is 17.3. The minimum atomic E-state index is 0.232. The highest BCUT2D eigenvalue weighted by molar-refractivity contribution is 4.42. The fourth-order valence-corrected chi connectivity index (χ4v) is 3.49. The number of rotatable bonds is 42. The molecule has 0 aromatic carbocycles. The number of ether oxygens (including phenoxy) is 13. The van der Waals surface area contributed by atoms with Gasteiger partial charge in [-0.15, -0.1) is 0 Å². The first-order chi connectivity index (χ1) is 22.8. The predicted octanol–water partition coefficient (Wildman–Crippen LogP) is 3.19. The Labute approximate surface area is 279 Å². The lowest BCUT2D eigenvalue weighted by Gasteiger charge is -2.09. The van der Waals surface area contributed by atoms with E-state index in [1.807, 2.05) is 13.8 Å². The zero-order valence-electron chi connectivity index (χ0n) is 29.4. The molecular weight excluding hydrogens is 604 g/mol. The molecule has 0 bridgehead atoms. The van der Waals surface area contributed by atoms with Crippen LogP contribution in [0, 0.1) is 0 Å². The lowest BCUT2D eigenvalue weighted by molar-refractivity contribution is -0.0298. The molecule has 0 heterocycles. The summed E-state index contributed by atoms with van der Waals surface area (Å²) in [6.07, 6.45) is 5.13. The van der Waals surface area contributed by atoms with Crippen molar-refractivity contribution >= 4 is 0 Å². The van der Waals surface area contributed by atoms with Gasteiger partial charge in [-0.25, -0.2) is 0 Å². The summed E-state index contributed by atoms with van der Waals surface area (Å²) in [5.74, 6) is 0. The fraction of sp³-hybridized carbons (Fsp3) is 1.00. The van der Waals surface area contributed by atoms with Crippen molar-refractivity contribution in [3.8, 4) is 0 Å². The van der Waals surface area contributed by atoms with Gasteiger partial charge in [-0.1, -0.05) is 26.2 Å². The van der Waals surface area contributed by atoms with E-state index in [9.17, 15) is 0 Å². The normalized spacial score (nSPS) is 11.7. The van der Waals surface area contributed by atoms with E-state index in [2.05, 4.69) is 6.92 Å². The van der Waals surface area contributed by atoms with Gasteiger partial charge in [0.15, 0.2) is 0 Å². The summed E-state index contributed by atoms with van der Waals surface area (Å²) in [6, 6.07) is 0. The highest BCUT2D eigenvalue weighted by Crippen LogP contribution is 1.98. The van der Waals surface area contributed by atoms with Crippen LogP contribution in [0.4, 0.5) is 0 Å². The molecule has 13 heteroatoms. The minimum Gasteiger partial charge on any atom is -0.379 e. The second kappa shape index (κ2) is 42.5. The zero-order valence-corrected chi connectivity index (χ0v) is 29.4. The average Bonchev–Trinajstić information content (AvgIpc) is 3.05. The molecule has 0 rings (SSSR count). The maximum Gasteiger partial charge on any atom is 0.0703 e. The van der Waals surface area contributed by atoms with Crippen LogP contribution in [-0.2, 0) is 61.6 Å². The van der Waals surface area contributed by atoms with Crippen LogP contribution in [0.15, 0.2) is 0 Å². The van der Waals surface area contributed by atoms with Crippen molar-refractivity contribution in [3.05, 3.63) is 0 Å². The number of hydrogen-bond donors (Lipinski definition) is 0. The Morgan fingerprint density at radius 1 is 0.261 bits per heavy atom. The van der Waals surface area contributed by atoms with Gasteiger partial charge in [-0.05, 0) is 20.3 Å². The molecule has 13 nitrogen and oxygen atoms in total. The largest absolute Gasteiger partial charge is 0.379 e. The first kappa shape index (κ1) is 45.5. The average molecular weight is 673 g/mol. The standard InChI is InChI=1S/C33H68O13/c1-4-5-6-7-8-34-9-10-35-11-12-36-13-14-37-15-16-38-17-18-39-19-20-40-21-22-41-23-24-42-25-26-43-27-28-44-29-30-45-31-32-46-33(2)3/h33H,4-32H2,1-3H3. The molecule has 0 aliphatic carbocycles. The summed E-state index contributed by atoms with van der Waals surface area (Å²) in [4.78, 5) is 0. The molecule has 0 saturated carbocycles. The molecular formula is C33H68O13. The third-order valence-corrected chi connectivity index (χ3v) is 5.91. The molecule has 0 spiro atoms. The quantitative estimate of drug-likeness (QED) is 0.0884. The van der Waals surface area contributed by atoms with Crippen molar-refractivity contribution in [1.82, 2.24) is 0 Å². The maximum absolute atomic E-state index is 5.53. The van der Waals surface area contributed by atoms with Gasteiger partial charge in [0.25, 0.3) is 0 Å². The zero-order chi connectivity index (χ0) is 33.3. The van der Waals surface area contributed by atoms with Gasteiger partial charge in [-0.3, -0.25) is 0 Å². The molecule has 46 heavy (non-hydrogen) atoms. The Kier molecular flexibility index (Phi) is 42.0. The molecule has 0 amide bonds. The predicted molar refractivity (Wildman–Crippen MR) is 175 cm³/mol. The van der Waals surface area contributed by atoms with E-state index in [1.54, 1.807) is 0 Å². The van der Waals surface area contributed by atoms with Gasteiger partial charge in [-0.2, -0.15) is 0 Å². The van der Waals surface area contributed by atoms with Crippen LogP contribution in [0.3, 0.4) is 0 Å². The van der Waals surface area contributed by atoms with Crippen LogP contribution in [0.25, 0.3) is 0 Å². The molecule has 0 fully saturated rings. The van der Waals surface area contributed by atoms with Crippen molar-refractivity contribution in [2.24, 2.45) is 0 Å². The van der Waals surface area contributed by atoms with E-state index in [-0.39, 0.29) is 6.10 Å². The Hall–Kier alpha value is -0.520. The van der Waals surface area contributed by atoms with E-state index in [1.165, 1.54) is 19.3 Å². The fourth-order valence-electron chi connectivity index (χ4n) is 3.49. The molecule has 0 aliphatic rings. The lowest BCUT2D eigenvalue weighted by Crippen LogP contribution is -2.15. The highest BCUT2D eigenvalue weighted by atomic mass is 16.6. The second-order valence-corrected chi connectivity index (χ2v) is 10.3. The molecule has 0 aliphatic heterocycles. The van der Waals surface area contributed by atoms with Crippen molar-refractivity contribution in [1.29, 1.82) is 0 Å². The lowest BCUT2D eigenvalue weighted by atomic mass is 10.2. The summed E-state index contributed by atoms with van der Waals surface area (Å²) in [6.45, 7) is 20.1. The van der Waals surface area contributed by atoms with Gasteiger partial charge in [0.1, 0.15) is 0 Å². The summed E-state index contributed by atoms with van der Waals surface area (Å²) in [5.41, 5.74) is 0. The Morgan fingerprint density at radius 2 is 0.478 bits per heavy atom. The minimum absolute atomic E-state index is 0.232. The molecule has 0 unspecified atom stereocenters. The molecule has 0 aromatic rings. The van der Waals surface area contributed by atoms with E-state index < -0.39 is 0 Å². The van der Waals surface area contributed by atoms with Crippen LogP contribution in [0.5, 0.6) is 0 Å². The molecule has 0 aromatic heterocycles. The van der Waals surface area contributed by atoms with Gasteiger partial charge in [0.05, 0.1) is 165 Å². The van der Waals surface area contributed by atoms with Crippen molar-refractivity contribution in [3.63, 3.8) is 0 Å². The van der Waals surface area contributed by atoms with E-state index in [0.29, 0.717) is 159 Å². The van der Waals surface area contributed by atoms with Crippen molar-refractivity contribution < 1.29 is 61.6 Å². The summed E-state index contributed by atoms with van der Waals surface area (Å²) < 4.78 is 71.1. The molecule has 0 atom stereocenters. The highest BCUT2D eigenvalue weighted by Gasteiger charge is 1.97. The topological polar surface area (TPSA) is 120 Å². The molecule has 278 valence electrons. The van der Waals surface area contributed by atoms with Crippen molar-refractivity contribution in [2.45, 2.75) is 52.6 Å². The molecule has 0 N–H and O–H groups in total. The van der Waals surface area contributed by atoms with Gasteiger partial charge >= 0.3 is 0 Å². The summed E-state index contributed by atoms with van der Waals surface area (Å²) in [5, 5.41) is 0. The summed E-state index contributed by atoms with van der Waals surface area (Å²) >= 11 is 0. The molecule has 0 saturated heterocycles. The maximum atomic E-state index is 5.53. The Morgan fingerprint density at radius 3 is 0.696 bits per heavy atom. The Bertz CT molecular complexity index is 532. The van der Waals surface area contributed by atoms with Crippen LogP contribution in [0.1, 0.15) is 46.5 Å². The van der Waals surface area contributed by atoms with Crippen molar-refractivity contribution in [2.75, 3.05) is 165 Å². The SMILES string of the molecule is CCCCCCOCCOCCOCCOCCOCCOCCOCCOCCOCCOCCOCCOCCOC(C)C. The third kappa shape index (κ3) is 43.5. The first-order valence-electron chi connectivity index (χ1n) is 17.3. The molecule has 0 radical (unpaired) electrons. The van der Waals surface area contributed by atoms with E-state index >= 15 is 0 Å². The smallest absolute Gasteiger partial charge is 0.0703 e. The van der Waals surface area contributed by atoms with E-state index in [0.717, 1.165) is 13.0 Å². The van der Waals surface area contributed by atoms with Crippen LogP contribution in [-0.4, -0.2) is 171 Å². The summed E-state index contributed by atoms with van der Waals surface area (Å²) in [7, 11) is 0. The third-order valence-electron chi connectivity index (χ3n) is 5.91. The van der Waals surface area contributed by atoms with E-state index in [4.69, 9.17) is 61.6 Å². The van der Waals surface area contributed by atoms with Crippen LogP contribution < -0.4 is 0 Å². The van der Waals surface area contributed by atoms with Gasteiger partial charge in [0, 0.05) is 6.61 Å². The van der Waals surface area contributed by atoms with Gasteiger partial charge < -0.3 is 61.6 Å². The van der Waals surface area contributed by atoms with Gasteiger partial charge in [0.2, 0.25) is 0 Å². The number of unbranched alkanes of at least 4 members (excludes halogenated alkanes) is 3.